The number of anilines is 1. The van der Waals surface area contributed by atoms with Crippen molar-refractivity contribution in [1.29, 1.82) is 0 Å². The van der Waals surface area contributed by atoms with Gasteiger partial charge in [0.05, 0.1) is 22.6 Å². The number of amides is 1. The molecule has 0 radical (unpaired) electrons. The third kappa shape index (κ3) is 2.00. The van der Waals surface area contributed by atoms with Crippen LogP contribution >= 0.6 is 0 Å². The molecule has 0 saturated heterocycles. The van der Waals surface area contributed by atoms with Gasteiger partial charge in [-0.2, -0.15) is 4.98 Å². The van der Waals surface area contributed by atoms with Crippen molar-refractivity contribution in [3.05, 3.63) is 42.1 Å². The summed E-state index contributed by atoms with van der Waals surface area (Å²) in [5.74, 6) is 1.55. The third-order valence-corrected chi connectivity index (χ3v) is 5.19. The quantitative estimate of drug-likeness (QED) is 0.708. The molecular formula is C19H19N5O2. The molecule has 1 saturated carbocycles. The van der Waals surface area contributed by atoms with Gasteiger partial charge in [0.1, 0.15) is 6.33 Å². The van der Waals surface area contributed by atoms with E-state index in [1.54, 1.807) is 18.2 Å². The number of rotatable bonds is 2. The van der Waals surface area contributed by atoms with Crippen LogP contribution in [-0.2, 0) is 10.3 Å². The number of fused-ring (bicyclic) bond motifs is 3. The Hall–Kier alpha value is -2.96. The lowest BCUT2D eigenvalue weighted by molar-refractivity contribution is -0.117. The van der Waals surface area contributed by atoms with Gasteiger partial charge in [-0.1, -0.05) is 17.3 Å². The van der Waals surface area contributed by atoms with Crippen LogP contribution < -0.4 is 4.90 Å². The summed E-state index contributed by atoms with van der Waals surface area (Å²) in [4.78, 5) is 23.4. The molecule has 0 N–H and O–H groups in total. The van der Waals surface area contributed by atoms with Gasteiger partial charge >= 0.3 is 0 Å². The summed E-state index contributed by atoms with van der Waals surface area (Å²) in [7, 11) is 0. The summed E-state index contributed by atoms with van der Waals surface area (Å²) >= 11 is 0. The van der Waals surface area contributed by atoms with Crippen molar-refractivity contribution >= 4 is 11.6 Å². The van der Waals surface area contributed by atoms with Crippen LogP contribution in [0.1, 0.15) is 51.0 Å². The van der Waals surface area contributed by atoms with Crippen LogP contribution in [0.25, 0.3) is 17.3 Å². The topological polar surface area (TPSA) is 77.1 Å². The van der Waals surface area contributed by atoms with Gasteiger partial charge in [0.15, 0.2) is 11.5 Å². The molecule has 2 aliphatic rings. The lowest BCUT2D eigenvalue weighted by Gasteiger charge is -2.43. The van der Waals surface area contributed by atoms with Crippen LogP contribution in [0.5, 0.6) is 0 Å². The zero-order chi connectivity index (χ0) is 18.1. The number of hydrogen-bond donors (Lipinski definition) is 0. The predicted octanol–water partition coefficient (Wildman–Crippen LogP) is 3.40. The van der Waals surface area contributed by atoms with Crippen LogP contribution in [0.15, 0.2) is 35.1 Å². The summed E-state index contributed by atoms with van der Waals surface area (Å²) in [6.45, 7) is 5.61. The Bertz CT molecular complexity index is 1030. The number of nitrogens with zero attached hydrogens (tertiary/aromatic N) is 5. The van der Waals surface area contributed by atoms with E-state index in [0.717, 1.165) is 35.7 Å². The molecule has 0 spiro atoms. The molecule has 7 nitrogen and oxygen atoms in total. The van der Waals surface area contributed by atoms with E-state index < -0.39 is 5.54 Å². The largest absolute Gasteiger partial charge is 0.332 e. The third-order valence-electron chi connectivity index (χ3n) is 5.19. The highest BCUT2D eigenvalue weighted by Crippen LogP contribution is 2.46. The van der Waals surface area contributed by atoms with E-state index in [-0.39, 0.29) is 5.91 Å². The Morgan fingerprint density at radius 3 is 2.65 bits per heavy atom. The second-order valence-electron chi connectivity index (χ2n) is 7.45. The van der Waals surface area contributed by atoms with Gasteiger partial charge in [-0.25, -0.2) is 4.98 Å². The number of carbonyl (C=O) groups excluding carboxylic acids is 1. The molecule has 0 bridgehead atoms. The van der Waals surface area contributed by atoms with Gasteiger partial charge in [0.25, 0.3) is 5.89 Å². The van der Waals surface area contributed by atoms with Crippen molar-refractivity contribution in [3.8, 4) is 17.3 Å². The smallest absolute Gasteiger partial charge is 0.278 e. The first-order valence-electron chi connectivity index (χ1n) is 8.80. The molecule has 3 heterocycles. The first-order valence-corrected chi connectivity index (χ1v) is 8.80. The highest BCUT2D eigenvalue weighted by atomic mass is 16.5. The first kappa shape index (κ1) is 15.3. The van der Waals surface area contributed by atoms with Crippen LogP contribution in [-0.4, -0.2) is 25.6 Å². The number of hydrogen-bond acceptors (Lipinski definition) is 5. The number of benzene rings is 1. The maximum atomic E-state index is 12.5. The fourth-order valence-electron chi connectivity index (χ4n) is 3.94. The number of carbonyl (C=O) groups is 1. The molecule has 5 rings (SSSR count). The second-order valence-corrected chi connectivity index (χ2v) is 7.45. The molecule has 1 fully saturated rings. The van der Waals surface area contributed by atoms with Crippen LogP contribution in [0, 0.1) is 0 Å². The van der Waals surface area contributed by atoms with Crippen molar-refractivity contribution in [2.75, 3.05) is 4.90 Å². The maximum absolute atomic E-state index is 12.5. The van der Waals surface area contributed by atoms with E-state index in [2.05, 4.69) is 15.1 Å². The molecule has 132 valence electrons. The van der Waals surface area contributed by atoms with Gasteiger partial charge in [0.2, 0.25) is 5.91 Å². The van der Waals surface area contributed by atoms with Crippen molar-refractivity contribution in [1.82, 2.24) is 19.7 Å². The molecule has 0 atom stereocenters. The molecule has 1 aromatic carbocycles. The van der Waals surface area contributed by atoms with Gasteiger partial charge in [-0.05, 0) is 38.8 Å². The number of aromatic nitrogens is 4. The standard InChI is InChI=1S/C19H19N5O2/c1-11(25)24-14-7-5-4-6-13(14)23-10-20-15(16(23)19(24,2)3)18-21-17(22-26-18)12-8-9-12/h4-7,10,12H,8-9H2,1-3H3. The molecular weight excluding hydrogens is 330 g/mol. The fourth-order valence-corrected chi connectivity index (χ4v) is 3.94. The minimum Gasteiger partial charge on any atom is -0.332 e. The minimum absolute atomic E-state index is 0.0231. The Morgan fingerprint density at radius 1 is 1.23 bits per heavy atom. The second kappa shape index (κ2) is 5.03. The Morgan fingerprint density at radius 2 is 1.96 bits per heavy atom. The minimum atomic E-state index is -0.611. The van der Waals surface area contributed by atoms with E-state index in [1.165, 1.54) is 0 Å². The lowest BCUT2D eigenvalue weighted by Crippen LogP contribution is -2.49. The lowest BCUT2D eigenvalue weighted by atomic mass is 9.91. The molecule has 1 aliphatic carbocycles. The van der Waals surface area contributed by atoms with Gasteiger partial charge in [-0.3, -0.25) is 14.3 Å². The number of para-hydroxylation sites is 2. The van der Waals surface area contributed by atoms with E-state index in [0.29, 0.717) is 17.5 Å². The summed E-state index contributed by atoms with van der Waals surface area (Å²) in [6.07, 6.45) is 3.98. The van der Waals surface area contributed by atoms with Gasteiger partial charge < -0.3 is 4.52 Å². The van der Waals surface area contributed by atoms with E-state index in [1.807, 2.05) is 42.7 Å². The fraction of sp³-hybridized carbons (Fsp3) is 0.368. The van der Waals surface area contributed by atoms with Crippen molar-refractivity contribution < 1.29 is 9.32 Å². The van der Waals surface area contributed by atoms with Gasteiger partial charge in [-0.15, -0.1) is 0 Å². The first-order chi connectivity index (χ1) is 12.5. The highest BCUT2D eigenvalue weighted by molar-refractivity contribution is 5.96. The molecule has 7 heteroatoms. The summed E-state index contributed by atoms with van der Waals surface area (Å²) in [5.41, 5.74) is 2.68. The molecule has 0 unspecified atom stereocenters. The SMILES string of the molecule is CC(=O)N1c2ccccc2-n2cnc(-c3nc(C4CC4)no3)c2C1(C)C. The predicted molar refractivity (Wildman–Crippen MR) is 95.0 cm³/mol. The van der Waals surface area contributed by atoms with Crippen LogP contribution in [0.2, 0.25) is 0 Å². The Balaban J connectivity index is 1.74. The van der Waals surface area contributed by atoms with Crippen molar-refractivity contribution in [2.45, 2.75) is 45.1 Å². The van der Waals surface area contributed by atoms with Crippen molar-refractivity contribution in [2.24, 2.45) is 0 Å². The van der Waals surface area contributed by atoms with Gasteiger partial charge in [0, 0.05) is 12.8 Å². The monoisotopic (exact) mass is 349 g/mol. The maximum Gasteiger partial charge on any atom is 0.278 e. The molecule has 3 aromatic rings. The zero-order valence-corrected chi connectivity index (χ0v) is 14.9. The Kier molecular flexibility index (Phi) is 2.96. The number of imidazole rings is 1. The summed E-state index contributed by atoms with van der Waals surface area (Å²) in [5, 5.41) is 4.11. The van der Waals surface area contributed by atoms with Crippen LogP contribution in [0.3, 0.4) is 0 Å². The van der Waals surface area contributed by atoms with E-state index >= 15 is 0 Å². The molecule has 1 amide bonds. The Labute approximate surface area is 150 Å². The average molecular weight is 349 g/mol. The highest BCUT2D eigenvalue weighted by Gasteiger charge is 2.43. The summed E-state index contributed by atoms with van der Waals surface area (Å²) < 4.78 is 7.53. The molecule has 1 aliphatic heterocycles. The van der Waals surface area contributed by atoms with E-state index in [4.69, 9.17) is 4.52 Å². The van der Waals surface area contributed by atoms with Crippen molar-refractivity contribution in [3.63, 3.8) is 0 Å². The average Bonchev–Trinajstić information content (AvgIpc) is 3.16. The van der Waals surface area contributed by atoms with Crippen LogP contribution in [0.4, 0.5) is 5.69 Å². The van der Waals surface area contributed by atoms with E-state index in [9.17, 15) is 4.79 Å². The molecule has 26 heavy (non-hydrogen) atoms. The molecule has 2 aromatic heterocycles. The summed E-state index contributed by atoms with van der Waals surface area (Å²) in [6, 6.07) is 7.84. The zero-order valence-electron chi connectivity index (χ0n) is 14.9. The normalized spacial score (nSPS) is 17.7.